The number of carboxylic acid groups (broad SMARTS) is 1. The van der Waals surface area contributed by atoms with Gasteiger partial charge in [-0.25, -0.2) is 19.2 Å². The first-order chi connectivity index (χ1) is 23.7. The summed E-state index contributed by atoms with van der Waals surface area (Å²) in [6, 6.07) is 8.43. The summed E-state index contributed by atoms with van der Waals surface area (Å²) in [6.45, 7) is 2.48. The number of carbonyl (C=O) groups is 4. The Labute approximate surface area is 287 Å². The van der Waals surface area contributed by atoms with E-state index >= 15 is 0 Å². The van der Waals surface area contributed by atoms with E-state index in [0.717, 1.165) is 48.5 Å². The molecule has 7 rings (SSSR count). The number of nitrogens with one attached hydrogen (secondary N) is 2. The van der Waals surface area contributed by atoms with Gasteiger partial charge in [0.1, 0.15) is 37.0 Å². The number of nitrogen functional groups attached to an aromatic ring is 1. The largest absolute Gasteiger partial charge is 0.543 e. The molecule has 6 heterocycles. The van der Waals surface area contributed by atoms with Crippen molar-refractivity contribution in [2.45, 2.75) is 37.3 Å². The molecule has 4 N–H and O–H groups in total. The first kappa shape index (κ1) is 32.4. The van der Waals surface area contributed by atoms with E-state index in [-0.39, 0.29) is 34.7 Å². The van der Waals surface area contributed by atoms with E-state index in [9.17, 15) is 24.3 Å². The molecule has 2 atom stereocenters. The topological polar surface area (TPSA) is 196 Å². The minimum Gasteiger partial charge on any atom is -0.543 e. The second kappa shape index (κ2) is 13.4. The summed E-state index contributed by atoms with van der Waals surface area (Å²) < 4.78 is 5.80. The Morgan fingerprint density at radius 3 is 2.63 bits per heavy atom. The highest BCUT2D eigenvalue weighted by Crippen LogP contribution is 2.40. The van der Waals surface area contributed by atoms with Crippen LogP contribution in [0.5, 0.6) is 0 Å². The maximum Gasteiger partial charge on any atom is 0.307 e. The first-order valence-electron chi connectivity index (χ1n) is 15.4. The number of nitrogens with two attached hydrogens (primary N) is 1. The molecular weight excluding hydrogens is 673 g/mol. The molecule has 4 aromatic rings. The number of aromatic nitrogens is 4. The molecule has 18 heteroatoms. The average molecular weight is 705 g/mol. The van der Waals surface area contributed by atoms with Crippen LogP contribution in [-0.2, 0) is 32.3 Å². The van der Waals surface area contributed by atoms with Crippen molar-refractivity contribution < 1.29 is 33.7 Å². The normalized spacial score (nSPS) is 19.6. The summed E-state index contributed by atoms with van der Waals surface area (Å²) in [5, 5.41) is 21.9. The molecule has 16 nitrogen and oxygen atoms in total. The maximum atomic E-state index is 13.3. The van der Waals surface area contributed by atoms with Crippen LogP contribution in [-0.4, -0.2) is 90.9 Å². The zero-order valence-electron chi connectivity index (χ0n) is 26.3. The van der Waals surface area contributed by atoms with Gasteiger partial charge in [0.25, 0.3) is 17.7 Å². The number of imidazole rings is 1. The standard InChI is InChI=1S/C31H32N10O6S2/c1-47-36-23(21-17-49-31(32)33-21)27(43)34-24-28(44)41-25(30(45)46)20(16-48-29(24)41)15-39-11-8-22-37(12-13-40(22)39)14-18-4-6-19(7-5-18)26(42)35-38-9-2-3-10-38/h4-8,11-13,17,24,29H,2-3,9-10,14-16H2,1H3,(H4-,32,33,34,35,42,43,45,46)/b36-23-/t24-,29-/m1/s1. The second-order valence-corrected chi connectivity index (χ2v) is 13.7. The molecule has 2 fully saturated rings. The molecule has 0 spiro atoms. The minimum atomic E-state index is -1.47. The average Bonchev–Trinajstić information content (AvgIpc) is 3.91. The van der Waals surface area contributed by atoms with Crippen molar-refractivity contribution >= 4 is 63.3 Å². The molecule has 3 amide bonds. The van der Waals surface area contributed by atoms with E-state index in [1.807, 2.05) is 67.7 Å². The molecule has 254 valence electrons. The predicted molar refractivity (Wildman–Crippen MR) is 177 cm³/mol. The van der Waals surface area contributed by atoms with Crippen LogP contribution in [0.1, 0.15) is 34.5 Å². The maximum absolute atomic E-state index is 13.3. The molecule has 2 saturated heterocycles. The Morgan fingerprint density at radius 2 is 1.94 bits per heavy atom. The summed E-state index contributed by atoms with van der Waals surface area (Å²) in [4.78, 5) is 61.3. The SMILES string of the molecule is CO/N=C(\C(=O)N[C@@H]1C(=O)N2C(C(=O)[O-])=C(Cn3ccc4n3cc[n+]4Cc3ccc(C(=O)NN4CCCC4)cc3)CS[C@H]12)c1csc(N)n1. The molecule has 3 aromatic heterocycles. The fourth-order valence-corrected chi connectivity index (χ4v) is 8.07. The van der Waals surface area contributed by atoms with Crippen molar-refractivity contribution in [1.82, 2.24) is 34.8 Å². The van der Waals surface area contributed by atoms with Crippen molar-refractivity contribution in [3.8, 4) is 0 Å². The van der Waals surface area contributed by atoms with Gasteiger partial charge in [0, 0.05) is 29.8 Å². The number of aliphatic carboxylic acids is 1. The van der Waals surface area contributed by atoms with Crippen LogP contribution >= 0.6 is 23.1 Å². The lowest BCUT2D eigenvalue weighted by Gasteiger charge is -2.50. The first-order valence-corrected chi connectivity index (χ1v) is 17.4. The van der Waals surface area contributed by atoms with E-state index in [0.29, 0.717) is 23.4 Å². The van der Waals surface area contributed by atoms with E-state index in [1.165, 1.54) is 23.8 Å². The number of carboxylic acids is 1. The number of hydrogen-bond donors (Lipinski definition) is 3. The Hall–Kier alpha value is -5.20. The van der Waals surface area contributed by atoms with E-state index in [1.54, 1.807) is 5.38 Å². The summed E-state index contributed by atoms with van der Waals surface area (Å²) >= 11 is 2.46. The highest BCUT2D eigenvalue weighted by molar-refractivity contribution is 8.00. The molecule has 49 heavy (non-hydrogen) atoms. The van der Waals surface area contributed by atoms with Crippen molar-refractivity contribution in [2.24, 2.45) is 5.16 Å². The van der Waals surface area contributed by atoms with Crippen LogP contribution in [0.25, 0.3) is 5.65 Å². The number of nitrogens with zero attached hydrogens (tertiary/aromatic N) is 7. The van der Waals surface area contributed by atoms with Gasteiger partial charge in [-0.15, -0.1) is 27.6 Å². The van der Waals surface area contributed by atoms with Crippen LogP contribution in [0.4, 0.5) is 5.13 Å². The summed E-state index contributed by atoms with van der Waals surface area (Å²) in [6.07, 6.45) is 7.81. The number of hydrazine groups is 1. The Balaban J connectivity index is 1.03. The number of anilines is 1. The van der Waals surface area contributed by atoms with Gasteiger partial charge in [0.2, 0.25) is 0 Å². The molecular formula is C31H32N10O6S2. The second-order valence-electron chi connectivity index (χ2n) is 11.7. The zero-order valence-corrected chi connectivity index (χ0v) is 27.9. The number of rotatable bonds is 11. The van der Waals surface area contributed by atoms with Gasteiger partial charge in [-0.2, -0.15) is 0 Å². The molecule has 0 radical (unpaired) electrons. The Bertz CT molecular complexity index is 2010. The summed E-state index contributed by atoms with van der Waals surface area (Å²) in [7, 11) is 1.28. The minimum absolute atomic E-state index is 0.120. The number of benzene rings is 1. The van der Waals surface area contributed by atoms with Crippen LogP contribution in [0, 0.1) is 0 Å². The van der Waals surface area contributed by atoms with Crippen LogP contribution in [0.3, 0.4) is 0 Å². The Morgan fingerprint density at radius 1 is 1.16 bits per heavy atom. The third-order valence-corrected chi connectivity index (χ3v) is 10.6. The van der Waals surface area contributed by atoms with Gasteiger partial charge < -0.3 is 25.8 Å². The van der Waals surface area contributed by atoms with Gasteiger partial charge in [0.15, 0.2) is 17.0 Å². The van der Waals surface area contributed by atoms with Gasteiger partial charge in [-0.3, -0.25) is 24.7 Å². The number of thiazole rings is 1. The zero-order chi connectivity index (χ0) is 34.2. The highest BCUT2D eigenvalue weighted by atomic mass is 32.2. The van der Waals surface area contributed by atoms with Gasteiger partial charge in [0.05, 0.1) is 30.5 Å². The van der Waals surface area contributed by atoms with E-state index in [4.69, 9.17) is 10.6 Å². The lowest BCUT2D eigenvalue weighted by atomic mass is 10.0. The number of hydrogen-bond acceptors (Lipinski definition) is 12. The highest BCUT2D eigenvalue weighted by Gasteiger charge is 2.53. The number of β-lactam (4-membered cyclic amide) rings is 1. The van der Waals surface area contributed by atoms with Crippen molar-refractivity contribution in [1.29, 1.82) is 0 Å². The predicted octanol–water partition coefficient (Wildman–Crippen LogP) is -0.689. The summed E-state index contributed by atoms with van der Waals surface area (Å²) in [5.74, 6) is -2.57. The molecule has 0 bridgehead atoms. The Kier molecular flexibility index (Phi) is 8.82. The lowest BCUT2D eigenvalue weighted by molar-refractivity contribution is -0.661. The summed E-state index contributed by atoms with van der Waals surface area (Å²) in [5.41, 5.74) is 11.5. The number of fused-ring (bicyclic) bond motifs is 2. The van der Waals surface area contributed by atoms with Crippen molar-refractivity contribution in [3.63, 3.8) is 0 Å². The molecule has 0 unspecified atom stereocenters. The van der Waals surface area contributed by atoms with Gasteiger partial charge >= 0.3 is 5.65 Å². The van der Waals surface area contributed by atoms with Gasteiger partial charge in [-0.05, 0) is 36.1 Å². The number of oxime groups is 1. The number of amides is 3. The van der Waals surface area contributed by atoms with Crippen LogP contribution in [0.15, 0.2) is 70.7 Å². The van der Waals surface area contributed by atoms with Crippen LogP contribution < -0.4 is 26.1 Å². The van der Waals surface area contributed by atoms with Crippen molar-refractivity contribution in [2.75, 3.05) is 31.7 Å². The molecule has 3 aliphatic rings. The fraction of sp³-hybridized carbons (Fsp3) is 0.323. The van der Waals surface area contributed by atoms with E-state index < -0.39 is 29.2 Å². The third kappa shape index (κ3) is 6.25. The molecule has 3 aliphatic heterocycles. The van der Waals surface area contributed by atoms with Crippen LogP contribution in [0.2, 0.25) is 0 Å². The third-order valence-electron chi connectivity index (χ3n) is 8.57. The monoisotopic (exact) mass is 704 g/mol. The molecule has 0 saturated carbocycles. The van der Waals surface area contributed by atoms with Gasteiger partial charge in [-0.1, -0.05) is 17.3 Å². The van der Waals surface area contributed by atoms with E-state index in [2.05, 4.69) is 20.9 Å². The number of carbonyl (C=O) groups excluding carboxylic acids is 4. The quantitative estimate of drug-likeness (QED) is 0.0779. The molecule has 1 aromatic carbocycles. The number of thioether (sulfide) groups is 1. The fourth-order valence-electron chi connectivity index (χ4n) is 6.19. The smallest absolute Gasteiger partial charge is 0.307 e. The molecule has 0 aliphatic carbocycles. The van der Waals surface area contributed by atoms with Crippen molar-refractivity contribution in [3.05, 3.63) is 82.4 Å². The lowest BCUT2D eigenvalue weighted by Crippen LogP contribution is -2.71.